The lowest BCUT2D eigenvalue weighted by Crippen LogP contribution is -2.42. The van der Waals surface area contributed by atoms with E-state index < -0.39 is 17.9 Å². The maximum Gasteiger partial charge on any atom is 0.435 e. The van der Waals surface area contributed by atoms with Crippen LogP contribution in [-0.2, 0) is 6.18 Å². The third kappa shape index (κ3) is 6.17. The number of aromatic nitrogens is 1. The summed E-state index contributed by atoms with van der Waals surface area (Å²) in [6.07, 6.45) is -2.09. The Morgan fingerprint density at radius 2 is 1.83 bits per heavy atom. The smallest absolute Gasteiger partial charge is 0.380 e. The van der Waals surface area contributed by atoms with E-state index in [-0.39, 0.29) is 29.2 Å². The molecule has 4 rings (SSSR count). The number of urea groups is 1. The first-order valence-electron chi connectivity index (χ1n) is 11.5. The van der Waals surface area contributed by atoms with Crippen LogP contribution in [0.25, 0.3) is 10.9 Å². The second-order valence-electron chi connectivity index (χ2n) is 8.68. The quantitative estimate of drug-likeness (QED) is 0.342. The second kappa shape index (κ2) is 10.6. The van der Waals surface area contributed by atoms with Crippen LogP contribution in [0.2, 0.25) is 5.02 Å². The maximum atomic E-state index is 13.8. The number of alkyl halides is 3. The highest BCUT2D eigenvalue weighted by Gasteiger charge is 2.37. The summed E-state index contributed by atoms with van der Waals surface area (Å²) in [5, 5.41) is 11.9. The van der Waals surface area contributed by atoms with Gasteiger partial charge >= 0.3 is 12.2 Å². The van der Waals surface area contributed by atoms with Gasteiger partial charge in [-0.05, 0) is 68.1 Å². The van der Waals surface area contributed by atoms with Crippen LogP contribution in [0.3, 0.4) is 0 Å². The van der Waals surface area contributed by atoms with Crippen molar-refractivity contribution in [3.05, 3.63) is 64.8 Å². The average molecular weight is 520 g/mol. The highest BCUT2D eigenvalue weighted by atomic mass is 35.5. The molecule has 1 heterocycles. The van der Waals surface area contributed by atoms with Gasteiger partial charge in [-0.25, -0.2) is 9.78 Å². The van der Waals surface area contributed by atoms with Crippen molar-refractivity contribution < 1.29 is 22.8 Å². The van der Waals surface area contributed by atoms with Crippen molar-refractivity contribution in [1.82, 2.24) is 15.6 Å². The minimum absolute atomic E-state index is 0.109. The largest absolute Gasteiger partial charge is 0.435 e. The zero-order chi connectivity index (χ0) is 25.9. The molecular weight excluding hydrogens is 495 g/mol. The number of hydrogen-bond acceptors (Lipinski definition) is 4. The second-order valence-corrected chi connectivity index (χ2v) is 9.12. The van der Waals surface area contributed by atoms with Gasteiger partial charge in [0.2, 0.25) is 0 Å². The number of amides is 3. The van der Waals surface area contributed by atoms with Crippen molar-refractivity contribution in [1.29, 1.82) is 0 Å². The molecule has 1 saturated carbocycles. The number of rotatable bonds is 5. The summed E-state index contributed by atoms with van der Waals surface area (Å²) < 4.78 is 41.3. The summed E-state index contributed by atoms with van der Waals surface area (Å²) in [4.78, 5) is 28.2. The first kappa shape index (κ1) is 25.6. The molecule has 0 spiro atoms. The van der Waals surface area contributed by atoms with E-state index in [1.165, 1.54) is 25.2 Å². The molecule has 1 unspecified atom stereocenters. The van der Waals surface area contributed by atoms with Gasteiger partial charge in [0.25, 0.3) is 5.91 Å². The van der Waals surface area contributed by atoms with Crippen LogP contribution < -0.4 is 21.3 Å². The molecule has 190 valence electrons. The van der Waals surface area contributed by atoms with E-state index in [0.717, 1.165) is 6.42 Å². The minimum Gasteiger partial charge on any atom is -0.380 e. The molecule has 1 aromatic heterocycles. The van der Waals surface area contributed by atoms with Crippen LogP contribution in [0.5, 0.6) is 0 Å². The van der Waals surface area contributed by atoms with E-state index in [0.29, 0.717) is 40.9 Å². The van der Waals surface area contributed by atoms with E-state index in [1.807, 2.05) is 0 Å². The number of pyridine rings is 1. The molecule has 36 heavy (non-hydrogen) atoms. The predicted octanol–water partition coefficient (Wildman–Crippen LogP) is 5.81. The predicted molar refractivity (Wildman–Crippen MR) is 133 cm³/mol. The van der Waals surface area contributed by atoms with Gasteiger partial charge in [0, 0.05) is 40.8 Å². The number of nitrogens with one attached hydrogen (secondary N) is 4. The van der Waals surface area contributed by atoms with Crippen molar-refractivity contribution in [3.8, 4) is 0 Å². The molecule has 0 radical (unpaired) electrons. The van der Waals surface area contributed by atoms with Crippen molar-refractivity contribution in [2.45, 2.75) is 43.9 Å². The first-order chi connectivity index (χ1) is 17.1. The lowest BCUT2D eigenvalue weighted by Gasteiger charge is -2.31. The Morgan fingerprint density at radius 1 is 1.06 bits per heavy atom. The van der Waals surface area contributed by atoms with E-state index in [9.17, 15) is 22.8 Å². The topological polar surface area (TPSA) is 95.2 Å². The van der Waals surface area contributed by atoms with E-state index in [2.05, 4.69) is 26.3 Å². The van der Waals surface area contributed by atoms with Crippen molar-refractivity contribution in [2.75, 3.05) is 17.7 Å². The highest BCUT2D eigenvalue weighted by molar-refractivity contribution is 6.31. The summed E-state index contributed by atoms with van der Waals surface area (Å²) in [6, 6.07) is 11.5. The Balaban J connectivity index is 1.47. The number of benzene rings is 2. The van der Waals surface area contributed by atoms with Crippen LogP contribution in [0.15, 0.2) is 48.5 Å². The number of halogens is 4. The fourth-order valence-electron chi connectivity index (χ4n) is 4.35. The highest BCUT2D eigenvalue weighted by Crippen LogP contribution is 2.37. The number of carbonyl (C=O) groups excluding carboxylic acids is 2. The zero-order valence-corrected chi connectivity index (χ0v) is 20.1. The standard InChI is InChI=1S/C25H25ClF3N5O2/c1-30-24(36)33-17-5-2-4-14(11-17)23(35)32-19-7-3-6-18(13-19)31-21-12-15-10-16(26)8-9-20(15)34-22(21)25(27,28)29/h2,4-5,8-12,18-19,31H,3,6-7,13H2,1H3,(H,32,35)(H2,30,33,36)/t18?,19-/m0/s1. The summed E-state index contributed by atoms with van der Waals surface area (Å²) in [5.41, 5.74) is -0.0481. The van der Waals surface area contributed by atoms with Crippen LogP contribution in [0.1, 0.15) is 41.7 Å². The third-order valence-corrected chi connectivity index (χ3v) is 6.26. The summed E-state index contributed by atoms with van der Waals surface area (Å²) in [5.74, 6) is -0.320. The Hall–Kier alpha value is -3.53. The van der Waals surface area contributed by atoms with Gasteiger partial charge in [-0.2, -0.15) is 13.2 Å². The SMILES string of the molecule is CNC(=O)Nc1cccc(C(=O)N[C@H]2CCCC(Nc3cc4cc(Cl)ccc4nc3C(F)(F)F)C2)c1. The molecule has 0 aliphatic heterocycles. The van der Waals surface area contributed by atoms with Crippen molar-refractivity contribution >= 4 is 45.8 Å². The van der Waals surface area contributed by atoms with Crippen LogP contribution in [0, 0.1) is 0 Å². The summed E-state index contributed by atoms with van der Waals surface area (Å²) in [6.45, 7) is 0. The Kier molecular flexibility index (Phi) is 7.53. The summed E-state index contributed by atoms with van der Waals surface area (Å²) >= 11 is 6.02. The van der Waals surface area contributed by atoms with Gasteiger partial charge in [-0.3, -0.25) is 4.79 Å². The average Bonchev–Trinajstić information content (AvgIpc) is 2.83. The lowest BCUT2D eigenvalue weighted by molar-refractivity contribution is -0.140. The van der Waals surface area contributed by atoms with E-state index >= 15 is 0 Å². The molecule has 2 atom stereocenters. The van der Waals surface area contributed by atoms with Gasteiger partial charge in [-0.15, -0.1) is 0 Å². The molecule has 2 aromatic carbocycles. The Labute approximate surface area is 210 Å². The Morgan fingerprint density at radius 3 is 2.58 bits per heavy atom. The number of hydrogen-bond donors (Lipinski definition) is 4. The third-order valence-electron chi connectivity index (χ3n) is 6.02. The van der Waals surface area contributed by atoms with Crippen LogP contribution >= 0.6 is 11.6 Å². The minimum atomic E-state index is -4.63. The molecule has 3 amide bonds. The molecule has 0 saturated heterocycles. The molecule has 11 heteroatoms. The first-order valence-corrected chi connectivity index (χ1v) is 11.8. The molecular formula is C25H25ClF3N5O2. The fraction of sp³-hybridized carbons (Fsp3) is 0.320. The van der Waals surface area contributed by atoms with Crippen molar-refractivity contribution in [3.63, 3.8) is 0 Å². The van der Waals surface area contributed by atoms with Gasteiger partial charge in [0.05, 0.1) is 11.2 Å². The monoisotopic (exact) mass is 519 g/mol. The number of fused-ring (bicyclic) bond motifs is 1. The molecule has 1 aliphatic rings. The van der Waals surface area contributed by atoms with Gasteiger partial charge in [-0.1, -0.05) is 17.7 Å². The maximum absolute atomic E-state index is 13.8. The molecule has 4 N–H and O–H groups in total. The number of carbonyl (C=O) groups is 2. The van der Waals surface area contributed by atoms with E-state index in [1.54, 1.807) is 30.3 Å². The number of anilines is 2. The van der Waals surface area contributed by atoms with Gasteiger partial charge in [0.15, 0.2) is 5.69 Å². The molecule has 1 aliphatic carbocycles. The molecule has 0 bridgehead atoms. The van der Waals surface area contributed by atoms with Gasteiger partial charge in [0.1, 0.15) is 0 Å². The normalized spacial score (nSPS) is 17.9. The number of nitrogens with zero attached hydrogens (tertiary/aromatic N) is 1. The molecule has 3 aromatic rings. The van der Waals surface area contributed by atoms with E-state index in [4.69, 9.17) is 11.6 Å². The van der Waals surface area contributed by atoms with Crippen LogP contribution in [0.4, 0.5) is 29.3 Å². The zero-order valence-electron chi connectivity index (χ0n) is 19.4. The Bertz CT molecular complexity index is 1280. The molecule has 7 nitrogen and oxygen atoms in total. The summed E-state index contributed by atoms with van der Waals surface area (Å²) in [7, 11) is 1.49. The molecule has 1 fully saturated rings. The lowest BCUT2D eigenvalue weighted by atomic mass is 9.90. The van der Waals surface area contributed by atoms with Crippen LogP contribution in [-0.4, -0.2) is 36.1 Å². The van der Waals surface area contributed by atoms with Crippen molar-refractivity contribution in [2.24, 2.45) is 0 Å². The van der Waals surface area contributed by atoms with Gasteiger partial charge < -0.3 is 21.3 Å². The fourth-order valence-corrected chi connectivity index (χ4v) is 4.53.